The second-order valence-corrected chi connectivity index (χ2v) is 6.84. The Bertz CT molecular complexity index is 258. The Balaban J connectivity index is 4.62. The van der Waals surface area contributed by atoms with Crippen molar-refractivity contribution in [3.8, 4) is 0 Å². The van der Waals surface area contributed by atoms with E-state index in [4.69, 9.17) is 9.47 Å². The van der Waals surface area contributed by atoms with Crippen molar-refractivity contribution in [1.29, 1.82) is 0 Å². The van der Waals surface area contributed by atoms with Crippen LogP contribution in [0.15, 0.2) is 0 Å². The summed E-state index contributed by atoms with van der Waals surface area (Å²) in [5, 5.41) is 0. The molecule has 0 aromatic heterocycles. The van der Waals surface area contributed by atoms with Crippen molar-refractivity contribution >= 4 is 22.2 Å². The van der Waals surface area contributed by atoms with Gasteiger partial charge < -0.3 is 9.47 Å². The van der Waals surface area contributed by atoms with Gasteiger partial charge in [0.05, 0.1) is 0 Å². The van der Waals surface area contributed by atoms with Gasteiger partial charge in [0.1, 0.15) is 11.2 Å². The fourth-order valence-corrected chi connectivity index (χ4v) is 1.84. The summed E-state index contributed by atoms with van der Waals surface area (Å²) in [7, 11) is 0.749. The standard InChI is InChI=1S/C12H24O4Si/c1-11(2,3)15-9(13)8(7-17)10(14)16-12(4,5)6/h8H,7H2,1-6,17H3. The molecule has 0 amide bonds. The van der Waals surface area contributed by atoms with Crippen molar-refractivity contribution in [3.05, 3.63) is 0 Å². The van der Waals surface area contributed by atoms with Crippen LogP contribution >= 0.6 is 0 Å². The van der Waals surface area contributed by atoms with Crippen LogP contribution < -0.4 is 0 Å². The van der Waals surface area contributed by atoms with Crippen molar-refractivity contribution in [2.75, 3.05) is 0 Å². The molecule has 0 aliphatic rings. The molecule has 0 bridgehead atoms. The normalized spacial score (nSPS) is 12.6. The van der Waals surface area contributed by atoms with Crippen molar-refractivity contribution in [1.82, 2.24) is 0 Å². The second kappa shape index (κ2) is 5.66. The zero-order chi connectivity index (χ0) is 13.9. The summed E-state index contributed by atoms with van der Waals surface area (Å²) in [5.41, 5.74) is -1.15. The molecule has 0 rings (SSSR count). The Morgan fingerprint density at radius 2 is 1.24 bits per heavy atom. The molecule has 0 N–H and O–H groups in total. The highest BCUT2D eigenvalue weighted by atomic mass is 28.1. The summed E-state index contributed by atoms with van der Waals surface area (Å²) >= 11 is 0. The molecule has 0 aromatic rings. The highest BCUT2D eigenvalue weighted by Crippen LogP contribution is 2.17. The van der Waals surface area contributed by atoms with E-state index in [0.717, 1.165) is 10.2 Å². The van der Waals surface area contributed by atoms with Crippen LogP contribution in [0.4, 0.5) is 0 Å². The minimum atomic E-state index is -0.778. The zero-order valence-electron chi connectivity index (χ0n) is 11.9. The van der Waals surface area contributed by atoms with Gasteiger partial charge in [-0.1, -0.05) is 0 Å². The molecule has 0 aliphatic heterocycles. The number of esters is 2. The fraction of sp³-hybridized carbons (Fsp3) is 0.833. The number of hydrogen-bond donors (Lipinski definition) is 0. The number of hydrogen-bond acceptors (Lipinski definition) is 4. The van der Waals surface area contributed by atoms with Gasteiger partial charge in [-0.15, -0.1) is 0 Å². The average molecular weight is 260 g/mol. The summed E-state index contributed by atoms with van der Waals surface area (Å²) in [6.07, 6.45) is 0. The molecule has 0 saturated carbocycles. The zero-order valence-corrected chi connectivity index (χ0v) is 13.9. The molecule has 0 aliphatic carbocycles. The van der Waals surface area contributed by atoms with Crippen molar-refractivity contribution in [2.45, 2.75) is 58.8 Å². The molecular weight excluding hydrogens is 236 g/mol. The van der Waals surface area contributed by atoms with Crippen LogP contribution in [-0.2, 0) is 19.1 Å². The third kappa shape index (κ3) is 7.15. The summed E-state index contributed by atoms with van der Waals surface area (Å²) in [6.45, 7) is 10.7. The molecule has 0 saturated heterocycles. The van der Waals surface area contributed by atoms with Gasteiger partial charge >= 0.3 is 11.9 Å². The van der Waals surface area contributed by atoms with E-state index in [1.54, 1.807) is 41.5 Å². The van der Waals surface area contributed by atoms with Gasteiger partial charge in [0.2, 0.25) is 0 Å². The van der Waals surface area contributed by atoms with E-state index < -0.39 is 29.1 Å². The first-order chi connectivity index (χ1) is 7.46. The minimum absolute atomic E-state index is 0.484. The van der Waals surface area contributed by atoms with Crippen LogP contribution in [0.3, 0.4) is 0 Å². The molecule has 5 heteroatoms. The maximum atomic E-state index is 11.8. The molecule has 0 radical (unpaired) electrons. The van der Waals surface area contributed by atoms with E-state index in [-0.39, 0.29) is 0 Å². The molecule has 0 unspecified atom stereocenters. The predicted molar refractivity (Wildman–Crippen MR) is 69.9 cm³/mol. The van der Waals surface area contributed by atoms with Crippen LogP contribution in [0.2, 0.25) is 6.04 Å². The number of carbonyl (C=O) groups excluding carboxylic acids is 2. The van der Waals surface area contributed by atoms with E-state index >= 15 is 0 Å². The minimum Gasteiger partial charge on any atom is -0.459 e. The third-order valence-corrected chi connectivity index (χ3v) is 2.61. The monoisotopic (exact) mass is 260 g/mol. The highest BCUT2D eigenvalue weighted by molar-refractivity contribution is 6.13. The molecule has 0 atom stereocenters. The molecule has 4 nitrogen and oxygen atoms in total. The Hall–Kier alpha value is -0.843. The lowest BCUT2D eigenvalue weighted by molar-refractivity contribution is -0.173. The molecular formula is C12H24O4Si. The Labute approximate surface area is 106 Å². The Kier molecular flexibility index (Phi) is 5.38. The first-order valence-corrected chi connectivity index (χ1v) is 7.33. The molecule has 0 fully saturated rings. The van der Waals surface area contributed by atoms with Gasteiger partial charge in [0.25, 0.3) is 0 Å². The molecule has 100 valence electrons. The van der Waals surface area contributed by atoms with Gasteiger partial charge in [0.15, 0.2) is 5.92 Å². The summed E-state index contributed by atoms with van der Waals surface area (Å²) in [6, 6.07) is 0.518. The largest absolute Gasteiger partial charge is 0.459 e. The van der Waals surface area contributed by atoms with Gasteiger partial charge in [-0.25, -0.2) is 0 Å². The smallest absolute Gasteiger partial charge is 0.320 e. The van der Waals surface area contributed by atoms with E-state index in [2.05, 4.69) is 0 Å². The van der Waals surface area contributed by atoms with Crippen LogP contribution in [-0.4, -0.2) is 33.4 Å². The lowest BCUT2D eigenvalue weighted by Gasteiger charge is -2.25. The SMILES string of the molecule is CC(C)(C)OC(=O)C(C[SiH3])C(=O)OC(C)(C)C. The first kappa shape index (κ1) is 16.2. The van der Waals surface area contributed by atoms with Gasteiger partial charge in [-0.2, -0.15) is 0 Å². The Morgan fingerprint density at radius 3 is 1.41 bits per heavy atom. The van der Waals surface area contributed by atoms with E-state index in [1.165, 1.54) is 0 Å². The number of carbonyl (C=O) groups is 2. The summed E-state index contributed by atoms with van der Waals surface area (Å²) in [5.74, 6) is -1.75. The topological polar surface area (TPSA) is 52.6 Å². The van der Waals surface area contributed by atoms with E-state index in [1.807, 2.05) is 0 Å². The maximum Gasteiger partial charge on any atom is 0.320 e. The lowest BCUT2D eigenvalue weighted by Crippen LogP contribution is -2.36. The molecule has 0 heterocycles. The van der Waals surface area contributed by atoms with Gasteiger partial charge in [0, 0.05) is 10.2 Å². The summed E-state index contributed by atoms with van der Waals surface area (Å²) < 4.78 is 10.4. The van der Waals surface area contributed by atoms with Crippen LogP contribution in [0.25, 0.3) is 0 Å². The Morgan fingerprint density at radius 1 is 0.941 bits per heavy atom. The van der Waals surface area contributed by atoms with Crippen LogP contribution in [0, 0.1) is 5.92 Å². The predicted octanol–water partition coefficient (Wildman–Crippen LogP) is 1.07. The first-order valence-electron chi connectivity index (χ1n) is 5.92. The van der Waals surface area contributed by atoms with Crippen molar-refractivity contribution < 1.29 is 19.1 Å². The lowest BCUT2D eigenvalue weighted by atomic mass is 10.1. The summed E-state index contributed by atoms with van der Waals surface area (Å²) in [4.78, 5) is 23.6. The number of rotatable bonds is 3. The maximum absolute atomic E-state index is 11.8. The average Bonchev–Trinajstić information content (AvgIpc) is 1.96. The fourth-order valence-electron chi connectivity index (χ4n) is 1.18. The van der Waals surface area contributed by atoms with Crippen LogP contribution in [0.1, 0.15) is 41.5 Å². The third-order valence-electron chi connectivity index (χ3n) is 1.79. The van der Waals surface area contributed by atoms with E-state index in [9.17, 15) is 9.59 Å². The van der Waals surface area contributed by atoms with Crippen molar-refractivity contribution in [2.24, 2.45) is 5.92 Å². The highest BCUT2D eigenvalue weighted by Gasteiger charge is 2.33. The van der Waals surface area contributed by atoms with Gasteiger partial charge in [-0.05, 0) is 47.6 Å². The quantitative estimate of drug-likeness (QED) is 0.433. The molecule has 0 spiro atoms. The molecule has 0 aromatic carbocycles. The van der Waals surface area contributed by atoms with E-state index in [0.29, 0.717) is 6.04 Å². The second-order valence-electron chi connectivity index (χ2n) is 6.03. The van der Waals surface area contributed by atoms with Gasteiger partial charge in [-0.3, -0.25) is 9.59 Å². The number of ether oxygens (including phenoxy) is 2. The molecule has 17 heavy (non-hydrogen) atoms. The van der Waals surface area contributed by atoms with Crippen molar-refractivity contribution in [3.63, 3.8) is 0 Å². The van der Waals surface area contributed by atoms with Crippen LogP contribution in [0.5, 0.6) is 0 Å².